The summed E-state index contributed by atoms with van der Waals surface area (Å²) in [5, 5.41) is 10.7. The molecule has 0 bridgehead atoms. The van der Waals surface area contributed by atoms with Gasteiger partial charge in [-0.15, -0.1) is 0 Å². The van der Waals surface area contributed by atoms with Crippen LogP contribution in [0.4, 0.5) is 0 Å². The highest BCUT2D eigenvalue weighted by molar-refractivity contribution is 5.37. The molecule has 3 rings (SSSR count). The fraction of sp³-hybridized carbons (Fsp3) is 0.438. The van der Waals surface area contributed by atoms with Crippen LogP contribution in [-0.2, 0) is 6.42 Å². The predicted molar refractivity (Wildman–Crippen MR) is 80.4 cm³/mol. The molecule has 4 heteroatoms. The quantitative estimate of drug-likeness (QED) is 0.731. The van der Waals surface area contributed by atoms with E-state index in [0.717, 1.165) is 25.8 Å². The summed E-state index contributed by atoms with van der Waals surface area (Å²) in [4.78, 5) is 0. The highest BCUT2D eigenvalue weighted by Gasteiger charge is 2.27. The van der Waals surface area contributed by atoms with E-state index >= 15 is 0 Å². The molecule has 1 aromatic heterocycles. The van der Waals surface area contributed by atoms with E-state index in [1.165, 1.54) is 22.4 Å². The maximum Gasteiger partial charge on any atom is 0.0522 e. The van der Waals surface area contributed by atoms with E-state index in [4.69, 9.17) is 5.73 Å². The highest BCUT2D eigenvalue weighted by atomic mass is 15.1. The monoisotopic (exact) mass is 270 g/mol. The minimum absolute atomic E-state index is 0.180. The van der Waals surface area contributed by atoms with Crippen LogP contribution >= 0.6 is 0 Å². The van der Waals surface area contributed by atoms with Gasteiger partial charge in [-0.3, -0.25) is 5.10 Å². The molecule has 4 nitrogen and oxygen atoms in total. The molecular formula is C16H22N4. The second-order valence-corrected chi connectivity index (χ2v) is 5.60. The van der Waals surface area contributed by atoms with Gasteiger partial charge in [0.25, 0.3) is 0 Å². The van der Waals surface area contributed by atoms with Crippen molar-refractivity contribution in [2.75, 3.05) is 6.54 Å². The zero-order valence-corrected chi connectivity index (χ0v) is 11.9. The van der Waals surface area contributed by atoms with Crippen LogP contribution in [0.15, 0.2) is 30.5 Å². The van der Waals surface area contributed by atoms with Gasteiger partial charge in [-0.25, -0.2) is 0 Å². The van der Waals surface area contributed by atoms with Crippen LogP contribution in [0.3, 0.4) is 0 Å². The molecule has 1 aromatic carbocycles. The van der Waals surface area contributed by atoms with Crippen LogP contribution in [0.25, 0.3) is 0 Å². The topological polar surface area (TPSA) is 66.7 Å². The van der Waals surface area contributed by atoms with Gasteiger partial charge in [0.05, 0.1) is 6.20 Å². The molecule has 106 valence electrons. The molecule has 0 fully saturated rings. The maximum atomic E-state index is 6.19. The Morgan fingerprint density at radius 2 is 2.15 bits per heavy atom. The number of fused-ring (bicyclic) bond motifs is 1. The summed E-state index contributed by atoms with van der Waals surface area (Å²) in [5.74, 6) is 0. The van der Waals surface area contributed by atoms with Crippen molar-refractivity contribution in [3.63, 3.8) is 0 Å². The number of hydrogen-bond acceptors (Lipinski definition) is 3. The van der Waals surface area contributed by atoms with Crippen LogP contribution in [0.5, 0.6) is 0 Å². The fourth-order valence-electron chi connectivity index (χ4n) is 3.05. The minimum atomic E-state index is 0.180. The molecule has 2 atom stereocenters. The largest absolute Gasteiger partial charge is 0.324 e. The second kappa shape index (κ2) is 5.77. The third-order valence-electron chi connectivity index (χ3n) is 4.21. The molecule has 0 radical (unpaired) electrons. The summed E-state index contributed by atoms with van der Waals surface area (Å²) in [6.07, 6.45) is 5.12. The van der Waals surface area contributed by atoms with E-state index in [1.54, 1.807) is 0 Å². The van der Waals surface area contributed by atoms with Gasteiger partial charge in [0.1, 0.15) is 0 Å². The Balaban J connectivity index is 1.52. The lowest BCUT2D eigenvalue weighted by atomic mass is 10.1. The normalized spacial score (nSPS) is 21.1. The fourth-order valence-corrected chi connectivity index (χ4v) is 3.05. The van der Waals surface area contributed by atoms with Gasteiger partial charge >= 0.3 is 0 Å². The zero-order chi connectivity index (χ0) is 13.9. The van der Waals surface area contributed by atoms with Crippen LogP contribution in [-0.4, -0.2) is 16.7 Å². The number of aromatic nitrogens is 2. The third kappa shape index (κ3) is 2.62. The number of nitrogens with two attached hydrogens (primary N) is 1. The Morgan fingerprint density at radius 1 is 1.35 bits per heavy atom. The van der Waals surface area contributed by atoms with Crippen molar-refractivity contribution >= 4 is 0 Å². The summed E-state index contributed by atoms with van der Waals surface area (Å²) in [6, 6.07) is 9.10. The van der Waals surface area contributed by atoms with Gasteiger partial charge in [-0.1, -0.05) is 24.3 Å². The average Bonchev–Trinajstić information content (AvgIpc) is 3.00. The molecular weight excluding hydrogens is 248 g/mol. The van der Waals surface area contributed by atoms with E-state index in [2.05, 4.69) is 46.7 Å². The molecule has 2 unspecified atom stereocenters. The number of aromatic amines is 1. The standard InChI is InChI=1S/C16H22N4/c1-11-12(10-19-20-11)5-4-8-18-16-9-15(17)13-6-2-3-7-14(13)16/h2-3,6-7,10,15-16,18H,4-5,8-9,17H2,1H3,(H,19,20). The predicted octanol–water partition coefficient (Wildman–Crippen LogP) is 2.39. The Morgan fingerprint density at radius 3 is 2.90 bits per heavy atom. The third-order valence-corrected chi connectivity index (χ3v) is 4.21. The number of nitrogens with zero attached hydrogens (tertiary/aromatic N) is 1. The molecule has 0 saturated carbocycles. The lowest BCUT2D eigenvalue weighted by molar-refractivity contribution is 0.492. The molecule has 4 N–H and O–H groups in total. The van der Waals surface area contributed by atoms with E-state index in [9.17, 15) is 0 Å². The Hall–Kier alpha value is -1.65. The minimum Gasteiger partial charge on any atom is -0.324 e. The van der Waals surface area contributed by atoms with Crippen LogP contribution < -0.4 is 11.1 Å². The van der Waals surface area contributed by atoms with Gasteiger partial charge in [-0.2, -0.15) is 5.10 Å². The van der Waals surface area contributed by atoms with Crippen molar-refractivity contribution in [2.45, 2.75) is 38.3 Å². The van der Waals surface area contributed by atoms with Gasteiger partial charge in [0.15, 0.2) is 0 Å². The molecule has 0 amide bonds. The van der Waals surface area contributed by atoms with Gasteiger partial charge in [0, 0.05) is 17.8 Å². The van der Waals surface area contributed by atoms with E-state index in [1.807, 2.05) is 6.20 Å². The molecule has 20 heavy (non-hydrogen) atoms. The van der Waals surface area contributed by atoms with E-state index in [-0.39, 0.29) is 6.04 Å². The van der Waals surface area contributed by atoms with Crippen LogP contribution in [0.1, 0.15) is 47.3 Å². The molecule has 0 spiro atoms. The van der Waals surface area contributed by atoms with Crippen molar-refractivity contribution in [1.29, 1.82) is 0 Å². The summed E-state index contributed by atoms with van der Waals surface area (Å²) >= 11 is 0. The second-order valence-electron chi connectivity index (χ2n) is 5.60. The number of hydrogen-bond donors (Lipinski definition) is 3. The van der Waals surface area contributed by atoms with Crippen molar-refractivity contribution in [2.24, 2.45) is 5.73 Å². The SMILES string of the molecule is Cc1[nH]ncc1CCCNC1CC(N)c2ccccc21. The number of benzene rings is 1. The first-order chi connectivity index (χ1) is 9.75. The first kappa shape index (κ1) is 13.3. The number of aryl methyl sites for hydroxylation is 2. The number of nitrogens with one attached hydrogen (secondary N) is 2. The Labute approximate surface area is 119 Å². The Bertz CT molecular complexity index is 575. The van der Waals surface area contributed by atoms with Crippen molar-refractivity contribution in [3.8, 4) is 0 Å². The van der Waals surface area contributed by atoms with Gasteiger partial charge in [-0.05, 0) is 49.4 Å². The molecule has 1 aliphatic rings. The zero-order valence-electron chi connectivity index (χ0n) is 11.9. The Kier molecular flexibility index (Phi) is 3.85. The van der Waals surface area contributed by atoms with Crippen molar-refractivity contribution < 1.29 is 0 Å². The first-order valence-electron chi connectivity index (χ1n) is 7.32. The molecule has 1 aliphatic carbocycles. The molecule has 0 aliphatic heterocycles. The van der Waals surface area contributed by atoms with Gasteiger partial charge in [0.2, 0.25) is 0 Å². The lowest BCUT2D eigenvalue weighted by Gasteiger charge is -2.13. The summed E-state index contributed by atoms with van der Waals surface area (Å²) in [7, 11) is 0. The number of H-pyrrole nitrogens is 1. The summed E-state index contributed by atoms with van der Waals surface area (Å²) in [6.45, 7) is 3.08. The smallest absolute Gasteiger partial charge is 0.0522 e. The van der Waals surface area contributed by atoms with E-state index < -0.39 is 0 Å². The molecule has 1 heterocycles. The average molecular weight is 270 g/mol. The maximum absolute atomic E-state index is 6.19. The van der Waals surface area contributed by atoms with Gasteiger partial charge < -0.3 is 11.1 Å². The van der Waals surface area contributed by atoms with Crippen LogP contribution in [0.2, 0.25) is 0 Å². The first-order valence-corrected chi connectivity index (χ1v) is 7.32. The lowest BCUT2D eigenvalue weighted by Crippen LogP contribution is -2.21. The highest BCUT2D eigenvalue weighted by Crippen LogP contribution is 2.36. The van der Waals surface area contributed by atoms with E-state index in [0.29, 0.717) is 6.04 Å². The summed E-state index contributed by atoms with van der Waals surface area (Å²) in [5.41, 5.74) is 11.4. The molecule has 2 aromatic rings. The molecule has 0 saturated heterocycles. The summed E-state index contributed by atoms with van der Waals surface area (Å²) < 4.78 is 0. The van der Waals surface area contributed by atoms with Crippen molar-refractivity contribution in [1.82, 2.24) is 15.5 Å². The van der Waals surface area contributed by atoms with Crippen molar-refractivity contribution in [3.05, 3.63) is 52.8 Å². The van der Waals surface area contributed by atoms with Crippen LogP contribution in [0, 0.1) is 6.92 Å². The number of rotatable bonds is 5.